The molecular formula is C14H20F3N3O3. The lowest BCUT2D eigenvalue weighted by Gasteiger charge is -2.21. The molecule has 1 amide bonds. The third-order valence-corrected chi connectivity index (χ3v) is 3.43. The van der Waals surface area contributed by atoms with E-state index in [2.05, 4.69) is 10.3 Å². The molecule has 23 heavy (non-hydrogen) atoms. The minimum atomic E-state index is -4.65. The van der Waals surface area contributed by atoms with Gasteiger partial charge in [0.15, 0.2) is 0 Å². The molecule has 130 valence electrons. The first-order valence-corrected chi connectivity index (χ1v) is 7.22. The zero-order valence-electron chi connectivity index (χ0n) is 12.9. The van der Waals surface area contributed by atoms with Crippen LogP contribution in [0, 0.1) is 0 Å². The van der Waals surface area contributed by atoms with Crippen molar-refractivity contribution in [1.29, 1.82) is 0 Å². The Balaban J connectivity index is 2.82. The van der Waals surface area contributed by atoms with E-state index in [1.54, 1.807) is 0 Å². The lowest BCUT2D eigenvalue weighted by molar-refractivity contribution is -0.159. The van der Waals surface area contributed by atoms with E-state index in [0.717, 1.165) is 6.42 Å². The number of amides is 1. The molecule has 2 N–H and O–H groups in total. The Kier molecular flexibility index (Phi) is 6.59. The van der Waals surface area contributed by atoms with Gasteiger partial charge in [-0.1, -0.05) is 19.8 Å². The average molecular weight is 335 g/mol. The summed E-state index contributed by atoms with van der Waals surface area (Å²) < 4.78 is 40.7. The Morgan fingerprint density at radius 3 is 2.52 bits per heavy atom. The van der Waals surface area contributed by atoms with Gasteiger partial charge in [-0.2, -0.15) is 13.2 Å². The molecule has 1 heterocycles. The van der Waals surface area contributed by atoms with Gasteiger partial charge in [0, 0.05) is 25.9 Å². The van der Waals surface area contributed by atoms with Gasteiger partial charge >= 0.3 is 12.1 Å². The Morgan fingerprint density at radius 2 is 2.09 bits per heavy atom. The molecule has 0 aromatic carbocycles. The normalized spacial score (nSPS) is 14.3. The van der Waals surface area contributed by atoms with Crippen molar-refractivity contribution < 1.29 is 27.9 Å². The van der Waals surface area contributed by atoms with Crippen molar-refractivity contribution in [2.75, 3.05) is 0 Å². The minimum absolute atomic E-state index is 0.177. The maximum atomic E-state index is 13.2. The molecule has 0 unspecified atom stereocenters. The minimum Gasteiger partial charge on any atom is -0.480 e. The van der Waals surface area contributed by atoms with Crippen molar-refractivity contribution in [3.63, 3.8) is 0 Å². The number of hydrogen-bond donors (Lipinski definition) is 2. The average Bonchev–Trinajstić information content (AvgIpc) is 2.85. The number of unbranched alkanes of at least 4 members (excludes halogenated alkanes) is 1. The fourth-order valence-electron chi connectivity index (χ4n) is 2.17. The van der Waals surface area contributed by atoms with Crippen LogP contribution in [0.4, 0.5) is 13.2 Å². The highest BCUT2D eigenvalue weighted by Crippen LogP contribution is 2.36. The molecule has 2 atom stereocenters. The maximum Gasteiger partial charge on any atom is 0.399 e. The number of carbonyl (C=O) groups is 2. The number of halogens is 3. The summed E-state index contributed by atoms with van der Waals surface area (Å²) in [6, 6.07) is -1.18. The second-order valence-corrected chi connectivity index (χ2v) is 5.30. The zero-order chi connectivity index (χ0) is 17.6. The van der Waals surface area contributed by atoms with Crippen LogP contribution in [0.15, 0.2) is 12.4 Å². The van der Waals surface area contributed by atoms with E-state index in [9.17, 15) is 22.8 Å². The van der Waals surface area contributed by atoms with Crippen molar-refractivity contribution in [3.8, 4) is 0 Å². The molecule has 0 aliphatic carbocycles. The summed E-state index contributed by atoms with van der Waals surface area (Å²) in [5.74, 6) is -4.58. The second-order valence-electron chi connectivity index (χ2n) is 5.30. The summed E-state index contributed by atoms with van der Waals surface area (Å²) in [5, 5.41) is 11.2. The second kappa shape index (κ2) is 7.98. The van der Waals surface area contributed by atoms with Crippen molar-refractivity contribution in [3.05, 3.63) is 18.2 Å². The molecule has 0 saturated carbocycles. The molecule has 6 nitrogen and oxygen atoms in total. The number of nitrogens with one attached hydrogen (secondary N) is 1. The standard InChI is InChI=1S/C14H20F3N3O3/c1-3-4-5-10(13(22)23)19-11(21)8-9(14(15,16)17)12-18-6-7-20(12)2/h6-7,9-10H,3-5,8H2,1-2H3,(H,19,21)(H,22,23)/t9-,10-/m0/s1. The molecule has 0 bridgehead atoms. The lowest BCUT2D eigenvalue weighted by atomic mass is 10.0. The number of carboxylic acid groups (broad SMARTS) is 1. The Bertz CT molecular complexity index is 543. The molecule has 0 aliphatic rings. The van der Waals surface area contributed by atoms with Crippen molar-refractivity contribution in [2.45, 2.75) is 50.7 Å². The fraction of sp³-hybridized carbons (Fsp3) is 0.643. The van der Waals surface area contributed by atoms with Gasteiger partial charge in [-0.25, -0.2) is 9.78 Å². The smallest absolute Gasteiger partial charge is 0.399 e. The Labute approximate surface area is 131 Å². The molecule has 0 fully saturated rings. The van der Waals surface area contributed by atoms with Crippen LogP contribution < -0.4 is 5.32 Å². The van der Waals surface area contributed by atoms with Crippen LogP contribution in [0.5, 0.6) is 0 Å². The number of alkyl halides is 3. The molecule has 0 aliphatic heterocycles. The van der Waals surface area contributed by atoms with Gasteiger partial charge < -0.3 is 15.0 Å². The van der Waals surface area contributed by atoms with Crippen LogP contribution in [0.3, 0.4) is 0 Å². The van der Waals surface area contributed by atoms with Crippen LogP contribution in [-0.2, 0) is 16.6 Å². The van der Waals surface area contributed by atoms with E-state index < -0.39 is 36.4 Å². The van der Waals surface area contributed by atoms with Crippen molar-refractivity contribution in [2.24, 2.45) is 7.05 Å². The van der Waals surface area contributed by atoms with E-state index in [0.29, 0.717) is 6.42 Å². The number of carbonyl (C=O) groups excluding carboxylic acids is 1. The molecule has 0 saturated heterocycles. The third-order valence-electron chi connectivity index (χ3n) is 3.43. The van der Waals surface area contributed by atoms with E-state index in [1.807, 2.05) is 6.92 Å². The monoisotopic (exact) mass is 335 g/mol. The number of carboxylic acids is 1. The summed E-state index contributed by atoms with van der Waals surface area (Å²) in [6.07, 6.45) is -1.53. The first-order valence-electron chi connectivity index (χ1n) is 7.22. The molecule has 1 aromatic rings. The summed E-state index contributed by atoms with van der Waals surface area (Å²) in [4.78, 5) is 26.6. The van der Waals surface area contributed by atoms with Crippen molar-refractivity contribution in [1.82, 2.24) is 14.9 Å². The topological polar surface area (TPSA) is 84.2 Å². The molecule has 0 spiro atoms. The van der Waals surface area contributed by atoms with E-state index in [1.165, 1.54) is 24.0 Å². The number of nitrogens with zero attached hydrogens (tertiary/aromatic N) is 2. The third kappa shape index (κ3) is 5.57. The van der Waals surface area contributed by atoms with Crippen LogP contribution >= 0.6 is 0 Å². The number of aryl methyl sites for hydroxylation is 1. The number of aliphatic carboxylic acids is 1. The summed E-state index contributed by atoms with van der Waals surface area (Å²) in [7, 11) is 1.40. The predicted molar refractivity (Wildman–Crippen MR) is 75.7 cm³/mol. The summed E-state index contributed by atoms with van der Waals surface area (Å²) >= 11 is 0. The molecule has 0 radical (unpaired) electrons. The SMILES string of the molecule is CCCC[C@H](NC(=O)C[C@@H](c1nccn1C)C(F)(F)F)C(=O)O. The fourth-order valence-corrected chi connectivity index (χ4v) is 2.17. The van der Waals surface area contributed by atoms with E-state index >= 15 is 0 Å². The summed E-state index contributed by atoms with van der Waals surface area (Å²) in [6.45, 7) is 1.85. The lowest BCUT2D eigenvalue weighted by Crippen LogP contribution is -2.42. The zero-order valence-corrected chi connectivity index (χ0v) is 12.9. The van der Waals surface area contributed by atoms with Gasteiger partial charge in [-0.05, 0) is 6.42 Å². The molecule has 9 heteroatoms. The van der Waals surface area contributed by atoms with Crippen LogP contribution in [-0.4, -0.2) is 38.8 Å². The van der Waals surface area contributed by atoms with Gasteiger partial charge in [-0.15, -0.1) is 0 Å². The first kappa shape index (κ1) is 19.0. The highest BCUT2D eigenvalue weighted by Gasteiger charge is 2.44. The van der Waals surface area contributed by atoms with Gasteiger partial charge in [-0.3, -0.25) is 4.79 Å². The van der Waals surface area contributed by atoms with Crippen LogP contribution in [0.1, 0.15) is 44.3 Å². The largest absolute Gasteiger partial charge is 0.480 e. The van der Waals surface area contributed by atoms with E-state index in [-0.39, 0.29) is 12.2 Å². The maximum absolute atomic E-state index is 13.2. The number of aromatic nitrogens is 2. The van der Waals surface area contributed by atoms with E-state index in [4.69, 9.17) is 5.11 Å². The van der Waals surface area contributed by atoms with Gasteiger partial charge in [0.05, 0.1) is 0 Å². The highest BCUT2D eigenvalue weighted by molar-refractivity contribution is 5.83. The number of rotatable bonds is 8. The van der Waals surface area contributed by atoms with Gasteiger partial charge in [0.2, 0.25) is 5.91 Å². The van der Waals surface area contributed by atoms with Crippen LogP contribution in [0.2, 0.25) is 0 Å². The van der Waals surface area contributed by atoms with Gasteiger partial charge in [0.1, 0.15) is 17.8 Å². The molecular weight excluding hydrogens is 315 g/mol. The quantitative estimate of drug-likeness (QED) is 0.763. The number of imidazole rings is 1. The summed E-state index contributed by atoms with van der Waals surface area (Å²) in [5.41, 5.74) is 0. The Morgan fingerprint density at radius 1 is 1.43 bits per heavy atom. The molecule has 1 aromatic heterocycles. The number of hydrogen-bond acceptors (Lipinski definition) is 3. The molecule has 1 rings (SSSR count). The van der Waals surface area contributed by atoms with Crippen molar-refractivity contribution >= 4 is 11.9 Å². The van der Waals surface area contributed by atoms with Gasteiger partial charge in [0.25, 0.3) is 0 Å². The first-order chi connectivity index (χ1) is 10.7. The Hall–Kier alpha value is -2.06. The highest BCUT2D eigenvalue weighted by atomic mass is 19.4. The van der Waals surface area contributed by atoms with Crippen LogP contribution in [0.25, 0.3) is 0 Å². The predicted octanol–water partition coefficient (Wildman–Crippen LogP) is 2.22.